The lowest BCUT2D eigenvalue weighted by Gasteiger charge is -2.44. The Bertz CT molecular complexity index is 667. The Morgan fingerprint density at radius 1 is 1.15 bits per heavy atom. The first-order valence-corrected chi connectivity index (χ1v) is 9.13. The van der Waals surface area contributed by atoms with E-state index >= 15 is 0 Å². The molecule has 0 radical (unpaired) electrons. The van der Waals surface area contributed by atoms with Gasteiger partial charge in [0.15, 0.2) is 0 Å². The van der Waals surface area contributed by atoms with Crippen molar-refractivity contribution < 1.29 is 24.1 Å². The fourth-order valence-corrected chi connectivity index (χ4v) is 4.24. The Labute approximate surface area is 155 Å². The molecule has 0 spiro atoms. The summed E-state index contributed by atoms with van der Waals surface area (Å²) in [6, 6.07) is 5.43. The second-order valence-corrected chi connectivity index (χ2v) is 8.28. The minimum Gasteiger partial charge on any atom is -0.497 e. The molecule has 2 aliphatic heterocycles. The van der Waals surface area contributed by atoms with Crippen LogP contribution in [0.1, 0.15) is 52.0 Å². The van der Waals surface area contributed by atoms with Crippen molar-refractivity contribution in [3.05, 3.63) is 23.8 Å². The number of hydrogen-bond donors (Lipinski definition) is 1. The lowest BCUT2D eigenvalue weighted by atomic mass is 9.80. The van der Waals surface area contributed by atoms with Gasteiger partial charge in [0.1, 0.15) is 17.1 Å². The molecule has 6 heteroatoms. The average Bonchev–Trinajstić information content (AvgIpc) is 2.85. The Kier molecular flexibility index (Phi) is 4.82. The first-order valence-electron chi connectivity index (χ1n) is 9.13. The minimum absolute atomic E-state index is 0.0274. The van der Waals surface area contributed by atoms with Crippen LogP contribution in [0, 0.1) is 0 Å². The molecule has 2 atom stereocenters. The van der Waals surface area contributed by atoms with Gasteiger partial charge in [-0.25, -0.2) is 4.79 Å². The Morgan fingerprint density at radius 3 is 2.27 bits per heavy atom. The van der Waals surface area contributed by atoms with Gasteiger partial charge in [-0.2, -0.15) is 0 Å². The van der Waals surface area contributed by atoms with Crippen molar-refractivity contribution in [1.82, 2.24) is 4.90 Å². The Hall–Kier alpha value is -1.95. The molecule has 2 heterocycles. The van der Waals surface area contributed by atoms with Crippen molar-refractivity contribution in [2.45, 2.75) is 69.7 Å². The van der Waals surface area contributed by atoms with E-state index < -0.39 is 11.2 Å². The van der Waals surface area contributed by atoms with Crippen LogP contribution in [0.2, 0.25) is 0 Å². The van der Waals surface area contributed by atoms with E-state index in [-0.39, 0.29) is 18.2 Å². The van der Waals surface area contributed by atoms with Crippen LogP contribution in [0.3, 0.4) is 0 Å². The molecule has 1 N–H and O–H groups in total. The fraction of sp³-hybridized carbons (Fsp3) is 0.650. The van der Waals surface area contributed by atoms with Gasteiger partial charge in [-0.1, -0.05) is 0 Å². The lowest BCUT2D eigenvalue weighted by Crippen LogP contribution is -2.53. The number of carbonyl (C=O) groups excluding carboxylic acids is 1. The van der Waals surface area contributed by atoms with E-state index in [0.717, 1.165) is 18.4 Å². The number of aliphatic hydroxyl groups is 1. The first-order chi connectivity index (χ1) is 12.2. The van der Waals surface area contributed by atoms with Crippen molar-refractivity contribution >= 4 is 6.09 Å². The normalized spacial score (nSPS) is 28.0. The quantitative estimate of drug-likeness (QED) is 0.891. The molecule has 2 aliphatic rings. The summed E-state index contributed by atoms with van der Waals surface area (Å²) in [6.07, 6.45) is 2.43. The third-order valence-corrected chi connectivity index (χ3v) is 5.28. The van der Waals surface area contributed by atoms with E-state index in [1.807, 2.05) is 37.8 Å². The highest BCUT2D eigenvalue weighted by atomic mass is 16.6. The minimum atomic E-state index is -1.03. The van der Waals surface area contributed by atoms with Crippen LogP contribution in [0.4, 0.5) is 4.79 Å². The van der Waals surface area contributed by atoms with Gasteiger partial charge in [0.25, 0.3) is 0 Å². The number of ether oxygens (including phenoxy) is 3. The Morgan fingerprint density at radius 2 is 1.77 bits per heavy atom. The number of hydrogen-bond acceptors (Lipinski definition) is 5. The summed E-state index contributed by atoms with van der Waals surface area (Å²) in [6.45, 7) is 5.61. The summed E-state index contributed by atoms with van der Waals surface area (Å²) in [5.41, 5.74) is -0.799. The number of piperidine rings is 1. The van der Waals surface area contributed by atoms with Crippen LogP contribution < -0.4 is 9.47 Å². The van der Waals surface area contributed by atoms with Crippen molar-refractivity contribution in [3.8, 4) is 11.5 Å². The maximum atomic E-state index is 12.6. The second kappa shape index (κ2) is 6.65. The molecule has 2 unspecified atom stereocenters. The number of amides is 1. The van der Waals surface area contributed by atoms with Crippen LogP contribution >= 0.6 is 0 Å². The molecular weight excluding hydrogens is 334 g/mol. The largest absolute Gasteiger partial charge is 0.497 e. The van der Waals surface area contributed by atoms with Gasteiger partial charge in [0.2, 0.25) is 0 Å². The zero-order chi connectivity index (χ0) is 19.1. The summed E-state index contributed by atoms with van der Waals surface area (Å²) in [5.74, 6) is 1.29. The molecule has 2 fully saturated rings. The van der Waals surface area contributed by atoms with Crippen LogP contribution in [-0.2, 0) is 10.3 Å². The van der Waals surface area contributed by atoms with E-state index in [4.69, 9.17) is 14.2 Å². The van der Waals surface area contributed by atoms with Gasteiger partial charge in [0, 0.05) is 36.6 Å². The fourth-order valence-electron chi connectivity index (χ4n) is 4.24. The highest BCUT2D eigenvalue weighted by Gasteiger charge is 2.51. The molecule has 144 valence electrons. The number of carbonyl (C=O) groups is 1. The maximum Gasteiger partial charge on any atom is 0.410 e. The molecule has 0 aliphatic carbocycles. The number of nitrogens with zero attached hydrogens (tertiary/aromatic N) is 1. The van der Waals surface area contributed by atoms with E-state index in [1.54, 1.807) is 20.3 Å². The molecule has 0 saturated carbocycles. The molecule has 1 amide bonds. The number of fused-ring (bicyclic) bond motifs is 2. The van der Waals surface area contributed by atoms with E-state index in [0.29, 0.717) is 24.3 Å². The summed E-state index contributed by atoms with van der Waals surface area (Å²) in [5, 5.41) is 11.4. The molecule has 1 aromatic carbocycles. The van der Waals surface area contributed by atoms with Crippen molar-refractivity contribution in [1.29, 1.82) is 0 Å². The third kappa shape index (κ3) is 3.47. The smallest absolute Gasteiger partial charge is 0.410 e. The molecule has 3 rings (SSSR count). The topological polar surface area (TPSA) is 68.2 Å². The predicted molar refractivity (Wildman–Crippen MR) is 97.6 cm³/mol. The van der Waals surface area contributed by atoms with E-state index in [2.05, 4.69) is 0 Å². The SMILES string of the molecule is COc1ccc(C2(O)CC3CCC(C2)N3C(=O)OC(C)(C)C)c(OC)c1. The molecule has 2 bridgehead atoms. The van der Waals surface area contributed by atoms with Crippen LogP contribution in [0.5, 0.6) is 11.5 Å². The molecule has 2 saturated heterocycles. The van der Waals surface area contributed by atoms with Crippen LogP contribution in [0.25, 0.3) is 0 Å². The van der Waals surface area contributed by atoms with Crippen LogP contribution in [-0.4, -0.2) is 48.0 Å². The summed E-state index contributed by atoms with van der Waals surface area (Å²) >= 11 is 0. The molecular formula is C20H29NO5. The zero-order valence-corrected chi connectivity index (χ0v) is 16.2. The number of methoxy groups -OCH3 is 2. The van der Waals surface area contributed by atoms with Crippen molar-refractivity contribution in [2.24, 2.45) is 0 Å². The third-order valence-electron chi connectivity index (χ3n) is 5.28. The highest BCUT2D eigenvalue weighted by molar-refractivity contribution is 5.70. The summed E-state index contributed by atoms with van der Waals surface area (Å²) in [7, 11) is 3.19. The van der Waals surface area contributed by atoms with Crippen molar-refractivity contribution in [2.75, 3.05) is 14.2 Å². The van der Waals surface area contributed by atoms with Gasteiger partial charge in [-0.3, -0.25) is 0 Å². The Balaban J connectivity index is 1.85. The first kappa shape index (κ1) is 18.8. The standard InChI is InChI=1S/C20H29NO5/c1-19(2,3)26-18(22)21-13-6-7-14(21)12-20(23,11-13)16-9-8-15(24-4)10-17(16)25-5/h8-10,13-14,23H,6-7,11-12H2,1-5H3. The molecule has 6 nitrogen and oxygen atoms in total. The lowest BCUT2D eigenvalue weighted by molar-refractivity contribution is -0.0633. The molecule has 0 aromatic heterocycles. The van der Waals surface area contributed by atoms with E-state index in [1.165, 1.54) is 0 Å². The van der Waals surface area contributed by atoms with E-state index in [9.17, 15) is 9.90 Å². The van der Waals surface area contributed by atoms with Gasteiger partial charge in [-0.05, 0) is 45.7 Å². The number of rotatable bonds is 3. The molecule has 1 aromatic rings. The van der Waals surface area contributed by atoms with Crippen molar-refractivity contribution in [3.63, 3.8) is 0 Å². The summed E-state index contributed by atoms with van der Waals surface area (Å²) < 4.78 is 16.3. The average molecular weight is 363 g/mol. The predicted octanol–water partition coefficient (Wildman–Crippen LogP) is 3.45. The number of benzene rings is 1. The zero-order valence-electron chi connectivity index (χ0n) is 16.2. The van der Waals surface area contributed by atoms with Gasteiger partial charge >= 0.3 is 6.09 Å². The molecule has 26 heavy (non-hydrogen) atoms. The van der Waals surface area contributed by atoms with Crippen LogP contribution in [0.15, 0.2) is 18.2 Å². The maximum absolute atomic E-state index is 12.6. The second-order valence-electron chi connectivity index (χ2n) is 8.28. The van der Waals surface area contributed by atoms with Gasteiger partial charge < -0.3 is 24.2 Å². The highest BCUT2D eigenvalue weighted by Crippen LogP contribution is 2.48. The van der Waals surface area contributed by atoms with Gasteiger partial charge in [-0.15, -0.1) is 0 Å². The summed E-state index contributed by atoms with van der Waals surface area (Å²) in [4.78, 5) is 14.4. The monoisotopic (exact) mass is 363 g/mol. The van der Waals surface area contributed by atoms with Gasteiger partial charge in [0.05, 0.1) is 19.8 Å².